The van der Waals surface area contributed by atoms with Crippen LogP contribution < -0.4 is 9.47 Å². The number of benzene rings is 1. The summed E-state index contributed by atoms with van der Waals surface area (Å²) in [6.45, 7) is 4.69. The van der Waals surface area contributed by atoms with E-state index in [9.17, 15) is 10.1 Å². The zero-order valence-corrected chi connectivity index (χ0v) is 11.8. The van der Waals surface area contributed by atoms with Crippen LogP contribution in [0.5, 0.6) is 11.5 Å². The molecule has 0 saturated carbocycles. The van der Waals surface area contributed by atoms with Gasteiger partial charge < -0.3 is 18.9 Å². The largest absolute Gasteiger partial charge is 0.496 e. The van der Waals surface area contributed by atoms with Gasteiger partial charge in [0.2, 0.25) is 0 Å². The number of nitro groups is 1. The van der Waals surface area contributed by atoms with Gasteiger partial charge in [0.05, 0.1) is 18.1 Å². The van der Waals surface area contributed by atoms with Crippen LogP contribution in [0.1, 0.15) is 13.8 Å². The summed E-state index contributed by atoms with van der Waals surface area (Å²) >= 11 is 0. The van der Waals surface area contributed by atoms with Crippen LogP contribution in [0, 0.1) is 10.1 Å². The maximum Gasteiger partial charge on any atom is 0.314 e. The minimum atomic E-state index is -0.549. The second-order valence-corrected chi connectivity index (χ2v) is 3.74. The summed E-state index contributed by atoms with van der Waals surface area (Å²) in [5.74, 6) is 0.551. The Morgan fingerprint density at radius 1 is 1.25 bits per heavy atom. The van der Waals surface area contributed by atoms with Crippen LogP contribution in [0.3, 0.4) is 0 Å². The van der Waals surface area contributed by atoms with Crippen molar-refractivity contribution >= 4 is 5.69 Å². The van der Waals surface area contributed by atoms with Crippen molar-refractivity contribution in [2.75, 3.05) is 26.9 Å². The van der Waals surface area contributed by atoms with E-state index in [1.807, 2.05) is 13.8 Å². The van der Waals surface area contributed by atoms with Gasteiger partial charge in [-0.15, -0.1) is 0 Å². The summed E-state index contributed by atoms with van der Waals surface area (Å²) in [5, 5.41) is 11.0. The van der Waals surface area contributed by atoms with Gasteiger partial charge in [-0.05, 0) is 26.0 Å². The Morgan fingerprint density at radius 3 is 2.40 bits per heavy atom. The summed E-state index contributed by atoms with van der Waals surface area (Å²) in [7, 11) is 1.44. The molecule has 1 aromatic carbocycles. The highest BCUT2D eigenvalue weighted by atomic mass is 16.7. The normalized spacial score (nSPS) is 10.6. The maximum absolute atomic E-state index is 11.0. The van der Waals surface area contributed by atoms with Crippen LogP contribution in [0.15, 0.2) is 18.2 Å². The molecule has 0 aromatic heterocycles. The quantitative estimate of drug-likeness (QED) is 0.393. The fourth-order valence-corrected chi connectivity index (χ4v) is 1.56. The van der Waals surface area contributed by atoms with Gasteiger partial charge in [0.15, 0.2) is 12.0 Å². The second kappa shape index (κ2) is 8.34. The molecule has 0 atom stereocenters. The standard InChI is InChI=1S/C13H19NO6/c1-4-18-13(19-5-2)9-20-12-7-6-10(17-3)8-11(12)14(15)16/h6-8,13H,4-5,9H2,1-3H3. The molecular weight excluding hydrogens is 266 g/mol. The number of methoxy groups -OCH3 is 1. The molecule has 0 fully saturated rings. The van der Waals surface area contributed by atoms with Crippen LogP contribution in [0.2, 0.25) is 0 Å². The average molecular weight is 285 g/mol. The van der Waals surface area contributed by atoms with E-state index < -0.39 is 11.2 Å². The summed E-state index contributed by atoms with van der Waals surface area (Å²) < 4.78 is 21.0. The number of hydrogen-bond donors (Lipinski definition) is 0. The zero-order chi connectivity index (χ0) is 15.0. The van der Waals surface area contributed by atoms with E-state index >= 15 is 0 Å². The van der Waals surface area contributed by atoms with E-state index in [1.54, 1.807) is 6.07 Å². The van der Waals surface area contributed by atoms with Crippen molar-refractivity contribution < 1.29 is 23.9 Å². The first-order valence-electron chi connectivity index (χ1n) is 6.30. The van der Waals surface area contributed by atoms with Gasteiger partial charge in [0, 0.05) is 13.2 Å². The van der Waals surface area contributed by atoms with Crippen molar-refractivity contribution in [3.8, 4) is 11.5 Å². The van der Waals surface area contributed by atoms with Gasteiger partial charge in [-0.1, -0.05) is 0 Å². The predicted octanol–water partition coefficient (Wildman–Crippen LogP) is 2.38. The first-order valence-corrected chi connectivity index (χ1v) is 6.30. The molecule has 0 amide bonds. The van der Waals surface area contributed by atoms with Crippen molar-refractivity contribution in [1.82, 2.24) is 0 Å². The highest BCUT2D eigenvalue weighted by Gasteiger charge is 2.18. The number of hydrogen-bond acceptors (Lipinski definition) is 6. The highest BCUT2D eigenvalue weighted by Crippen LogP contribution is 2.31. The van der Waals surface area contributed by atoms with Crippen molar-refractivity contribution in [2.24, 2.45) is 0 Å². The van der Waals surface area contributed by atoms with E-state index in [-0.39, 0.29) is 18.0 Å². The van der Waals surface area contributed by atoms with Crippen LogP contribution in [0.4, 0.5) is 5.69 Å². The molecule has 0 aliphatic heterocycles. The van der Waals surface area contributed by atoms with E-state index in [0.717, 1.165) is 0 Å². The minimum Gasteiger partial charge on any atom is -0.496 e. The summed E-state index contributed by atoms with van der Waals surface area (Å²) in [5.41, 5.74) is -0.156. The molecule has 0 unspecified atom stereocenters. The Balaban J connectivity index is 2.77. The molecule has 1 rings (SSSR count). The first kappa shape index (κ1) is 16.2. The Morgan fingerprint density at radius 2 is 1.90 bits per heavy atom. The molecule has 0 aliphatic carbocycles. The van der Waals surface area contributed by atoms with E-state index in [2.05, 4.69) is 0 Å². The van der Waals surface area contributed by atoms with Crippen molar-refractivity contribution in [1.29, 1.82) is 0 Å². The van der Waals surface area contributed by atoms with Gasteiger partial charge >= 0.3 is 5.69 Å². The molecule has 0 spiro atoms. The molecule has 0 bridgehead atoms. The molecule has 0 aliphatic rings. The molecule has 7 heteroatoms. The maximum atomic E-state index is 11.0. The Hall–Kier alpha value is -1.86. The van der Waals surface area contributed by atoms with Gasteiger partial charge in [0.1, 0.15) is 12.4 Å². The molecule has 112 valence electrons. The Bertz CT molecular complexity index is 431. The van der Waals surface area contributed by atoms with Crippen LogP contribution in [-0.4, -0.2) is 38.1 Å². The van der Waals surface area contributed by atoms with Crippen molar-refractivity contribution in [2.45, 2.75) is 20.1 Å². The molecule has 0 heterocycles. The lowest BCUT2D eigenvalue weighted by atomic mass is 10.3. The number of nitro benzene ring substituents is 1. The van der Waals surface area contributed by atoms with Crippen LogP contribution in [0.25, 0.3) is 0 Å². The molecule has 20 heavy (non-hydrogen) atoms. The van der Waals surface area contributed by atoms with Crippen LogP contribution in [-0.2, 0) is 9.47 Å². The van der Waals surface area contributed by atoms with Crippen LogP contribution >= 0.6 is 0 Å². The summed E-state index contributed by atoms with van der Waals surface area (Å²) in [4.78, 5) is 10.5. The van der Waals surface area contributed by atoms with E-state index in [1.165, 1.54) is 19.2 Å². The van der Waals surface area contributed by atoms with Gasteiger partial charge in [0.25, 0.3) is 0 Å². The lowest BCUT2D eigenvalue weighted by Crippen LogP contribution is -2.25. The summed E-state index contributed by atoms with van der Waals surface area (Å²) in [6, 6.07) is 4.40. The third kappa shape index (κ3) is 4.67. The Kier molecular flexibility index (Phi) is 6.75. The molecule has 0 N–H and O–H groups in total. The number of nitrogens with zero attached hydrogens (tertiary/aromatic N) is 1. The lowest BCUT2D eigenvalue weighted by Gasteiger charge is -2.17. The second-order valence-electron chi connectivity index (χ2n) is 3.74. The van der Waals surface area contributed by atoms with E-state index in [4.69, 9.17) is 18.9 Å². The third-order valence-corrected chi connectivity index (χ3v) is 2.44. The van der Waals surface area contributed by atoms with Crippen molar-refractivity contribution in [3.05, 3.63) is 28.3 Å². The van der Waals surface area contributed by atoms with E-state index in [0.29, 0.717) is 19.0 Å². The molecular formula is C13H19NO6. The predicted molar refractivity (Wildman–Crippen MR) is 72.2 cm³/mol. The fraction of sp³-hybridized carbons (Fsp3) is 0.538. The highest BCUT2D eigenvalue weighted by molar-refractivity contribution is 5.50. The average Bonchev–Trinajstić information content (AvgIpc) is 2.45. The number of ether oxygens (including phenoxy) is 4. The lowest BCUT2D eigenvalue weighted by molar-refractivity contribution is -0.386. The van der Waals surface area contributed by atoms with Gasteiger partial charge in [-0.3, -0.25) is 10.1 Å². The smallest absolute Gasteiger partial charge is 0.314 e. The molecule has 0 saturated heterocycles. The molecule has 7 nitrogen and oxygen atoms in total. The Labute approximate surface area is 117 Å². The van der Waals surface area contributed by atoms with Crippen molar-refractivity contribution in [3.63, 3.8) is 0 Å². The topological polar surface area (TPSA) is 80.1 Å². The SMILES string of the molecule is CCOC(COc1ccc(OC)cc1[N+](=O)[O-])OCC. The monoisotopic (exact) mass is 285 g/mol. The van der Waals surface area contributed by atoms with Gasteiger partial charge in [-0.2, -0.15) is 0 Å². The molecule has 0 radical (unpaired) electrons. The third-order valence-electron chi connectivity index (χ3n) is 2.44. The summed E-state index contributed by atoms with van der Waals surface area (Å²) in [6.07, 6.45) is -0.549. The zero-order valence-electron chi connectivity index (χ0n) is 11.8. The number of rotatable bonds is 9. The first-order chi connectivity index (χ1) is 9.62. The minimum absolute atomic E-state index is 0.0782. The molecule has 1 aromatic rings. The van der Waals surface area contributed by atoms with Gasteiger partial charge in [-0.25, -0.2) is 0 Å². The fourth-order valence-electron chi connectivity index (χ4n) is 1.56.